The highest BCUT2D eigenvalue weighted by Crippen LogP contribution is 2.33. The third-order valence-corrected chi connectivity index (χ3v) is 5.86. The van der Waals surface area contributed by atoms with E-state index in [2.05, 4.69) is 15.0 Å². The normalized spacial score (nSPS) is 12.1. The molecule has 0 aliphatic carbocycles. The number of alkyl halides is 3. The number of imidazole rings is 1. The number of hydrogen-bond acceptors (Lipinski definition) is 3. The first-order chi connectivity index (χ1) is 16.4. The van der Waals surface area contributed by atoms with Gasteiger partial charge in [-0.25, -0.2) is 4.79 Å². The predicted octanol–water partition coefficient (Wildman–Crippen LogP) is 6.10. The molecule has 166 valence electrons. The standard InChI is InChI=1S/C26H15F3N4O/c27-26(28,29)18-5-3-6-19(12-18)33-24-20-11-15(8-9-22(20)31-14-23(24)32-25(33)34)17-10-16-4-1-2-7-21(16)30-13-17/h1-14H,(H,32,34). The lowest BCUT2D eigenvalue weighted by molar-refractivity contribution is -0.137. The lowest BCUT2D eigenvalue weighted by atomic mass is 10.0. The van der Waals surface area contributed by atoms with Crippen molar-refractivity contribution in [1.82, 2.24) is 19.5 Å². The molecule has 0 radical (unpaired) electrons. The van der Waals surface area contributed by atoms with Crippen molar-refractivity contribution in [2.75, 3.05) is 0 Å². The number of nitrogens with one attached hydrogen (secondary N) is 1. The molecular weight excluding hydrogens is 441 g/mol. The molecule has 1 N–H and O–H groups in total. The van der Waals surface area contributed by atoms with Crippen LogP contribution in [0.25, 0.3) is 49.7 Å². The topological polar surface area (TPSA) is 63.6 Å². The van der Waals surface area contributed by atoms with Gasteiger partial charge in [-0.2, -0.15) is 13.2 Å². The van der Waals surface area contributed by atoms with Crippen molar-refractivity contribution in [3.8, 4) is 16.8 Å². The summed E-state index contributed by atoms with van der Waals surface area (Å²) in [6, 6.07) is 20.1. The zero-order valence-corrected chi connectivity index (χ0v) is 17.5. The molecule has 6 rings (SSSR count). The van der Waals surface area contributed by atoms with Gasteiger partial charge in [0.1, 0.15) is 0 Å². The Hall–Kier alpha value is -4.46. The van der Waals surface area contributed by atoms with E-state index in [9.17, 15) is 18.0 Å². The van der Waals surface area contributed by atoms with Crippen LogP contribution < -0.4 is 5.69 Å². The summed E-state index contributed by atoms with van der Waals surface area (Å²) in [6.45, 7) is 0. The lowest BCUT2D eigenvalue weighted by Gasteiger charge is -2.11. The van der Waals surface area contributed by atoms with Crippen LogP contribution in [0.2, 0.25) is 0 Å². The number of rotatable bonds is 2. The van der Waals surface area contributed by atoms with E-state index in [4.69, 9.17) is 0 Å². The fraction of sp³-hybridized carbons (Fsp3) is 0.0385. The summed E-state index contributed by atoms with van der Waals surface area (Å²) in [5, 5.41) is 1.62. The monoisotopic (exact) mass is 456 g/mol. The zero-order valence-electron chi connectivity index (χ0n) is 17.5. The van der Waals surface area contributed by atoms with Crippen molar-refractivity contribution >= 4 is 32.8 Å². The summed E-state index contributed by atoms with van der Waals surface area (Å²) in [5.74, 6) is 0. The first kappa shape index (κ1) is 20.2. The Morgan fingerprint density at radius 1 is 0.794 bits per heavy atom. The molecule has 5 nitrogen and oxygen atoms in total. The van der Waals surface area contributed by atoms with Crippen molar-refractivity contribution in [1.29, 1.82) is 0 Å². The molecule has 0 atom stereocenters. The number of hydrogen-bond donors (Lipinski definition) is 1. The average molecular weight is 456 g/mol. The van der Waals surface area contributed by atoms with Crippen LogP contribution in [0.3, 0.4) is 0 Å². The number of H-pyrrole nitrogens is 1. The molecule has 34 heavy (non-hydrogen) atoms. The Kier molecular flexibility index (Phi) is 4.32. The van der Waals surface area contributed by atoms with Crippen LogP contribution in [-0.2, 0) is 6.18 Å². The third-order valence-electron chi connectivity index (χ3n) is 5.86. The summed E-state index contributed by atoms with van der Waals surface area (Å²) in [6.07, 6.45) is -1.24. The van der Waals surface area contributed by atoms with Crippen LogP contribution >= 0.6 is 0 Å². The summed E-state index contributed by atoms with van der Waals surface area (Å²) >= 11 is 0. The van der Waals surface area contributed by atoms with Gasteiger partial charge in [-0.05, 0) is 48.0 Å². The van der Waals surface area contributed by atoms with E-state index < -0.39 is 17.4 Å². The van der Waals surface area contributed by atoms with Crippen LogP contribution in [-0.4, -0.2) is 19.5 Å². The van der Waals surface area contributed by atoms with Crippen LogP contribution in [0.5, 0.6) is 0 Å². The molecule has 8 heteroatoms. The Morgan fingerprint density at radius 3 is 2.47 bits per heavy atom. The minimum absolute atomic E-state index is 0.122. The van der Waals surface area contributed by atoms with Crippen LogP contribution in [0.15, 0.2) is 90.0 Å². The maximum absolute atomic E-state index is 13.3. The highest BCUT2D eigenvalue weighted by Gasteiger charge is 2.30. The largest absolute Gasteiger partial charge is 0.416 e. The van der Waals surface area contributed by atoms with Crippen molar-refractivity contribution in [2.45, 2.75) is 6.18 Å². The molecule has 0 spiro atoms. The smallest absolute Gasteiger partial charge is 0.304 e. The molecule has 3 heterocycles. The second kappa shape index (κ2) is 7.28. The number of aromatic amines is 1. The fourth-order valence-electron chi connectivity index (χ4n) is 4.26. The van der Waals surface area contributed by atoms with Crippen molar-refractivity contribution < 1.29 is 13.2 Å². The number of pyridine rings is 2. The summed E-state index contributed by atoms with van der Waals surface area (Å²) in [4.78, 5) is 24.5. The third kappa shape index (κ3) is 3.23. The maximum Gasteiger partial charge on any atom is 0.416 e. The van der Waals surface area contributed by atoms with Crippen molar-refractivity contribution in [3.05, 3.63) is 101 Å². The number of halogens is 3. The molecule has 0 aliphatic heterocycles. The highest BCUT2D eigenvalue weighted by molar-refractivity contribution is 6.04. The van der Waals surface area contributed by atoms with E-state index in [1.165, 1.54) is 22.9 Å². The first-order valence-electron chi connectivity index (χ1n) is 10.4. The fourth-order valence-corrected chi connectivity index (χ4v) is 4.26. The maximum atomic E-state index is 13.3. The van der Waals surface area contributed by atoms with E-state index in [1.54, 1.807) is 6.20 Å². The van der Waals surface area contributed by atoms with Gasteiger partial charge in [-0.3, -0.25) is 14.5 Å². The van der Waals surface area contributed by atoms with Crippen LogP contribution in [0.4, 0.5) is 13.2 Å². The highest BCUT2D eigenvalue weighted by atomic mass is 19.4. The Balaban J connectivity index is 1.61. The molecule has 3 aromatic carbocycles. The molecule has 0 bridgehead atoms. The van der Waals surface area contributed by atoms with Gasteiger partial charge in [-0.1, -0.05) is 30.3 Å². The SMILES string of the molecule is O=c1[nH]c2cnc3ccc(-c4cnc5ccccc5c4)cc3c2n1-c1cccc(C(F)(F)F)c1. The van der Waals surface area contributed by atoms with E-state index in [1.807, 2.05) is 48.5 Å². The quantitative estimate of drug-likeness (QED) is 0.342. The molecule has 0 amide bonds. The Morgan fingerprint density at radius 2 is 1.62 bits per heavy atom. The molecule has 0 saturated heterocycles. The molecule has 0 unspecified atom stereocenters. The van der Waals surface area contributed by atoms with Gasteiger partial charge in [0, 0.05) is 22.5 Å². The summed E-state index contributed by atoms with van der Waals surface area (Å²) in [7, 11) is 0. The average Bonchev–Trinajstić information content (AvgIpc) is 3.19. The number of aromatic nitrogens is 4. The number of nitrogens with zero attached hydrogens (tertiary/aromatic N) is 3. The molecule has 0 fully saturated rings. The minimum atomic E-state index is -4.52. The summed E-state index contributed by atoms with van der Waals surface area (Å²) in [5.41, 5.74) is 2.87. The van der Waals surface area contributed by atoms with E-state index >= 15 is 0 Å². The number of para-hydroxylation sites is 1. The Labute approximate surface area is 190 Å². The van der Waals surface area contributed by atoms with Gasteiger partial charge in [0.15, 0.2) is 0 Å². The van der Waals surface area contributed by atoms with Gasteiger partial charge < -0.3 is 4.98 Å². The second-order valence-electron chi connectivity index (χ2n) is 7.98. The zero-order chi connectivity index (χ0) is 23.4. The van der Waals surface area contributed by atoms with E-state index in [-0.39, 0.29) is 5.69 Å². The number of benzene rings is 3. The van der Waals surface area contributed by atoms with E-state index in [0.29, 0.717) is 21.9 Å². The van der Waals surface area contributed by atoms with Crippen molar-refractivity contribution in [3.63, 3.8) is 0 Å². The van der Waals surface area contributed by atoms with Crippen LogP contribution in [0.1, 0.15) is 5.56 Å². The first-order valence-corrected chi connectivity index (χ1v) is 10.4. The molecule has 0 saturated carbocycles. The molecule has 0 aliphatic rings. The van der Waals surface area contributed by atoms with Gasteiger partial charge in [0.05, 0.1) is 39.5 Å². The minimum Gasteiger partial charge on any atom is -0.304 e. The van der Waals surface area contributed by atoms with Crippen LogP contribution in [0, 0.1) is 0 Å². The van der Waals surface area contributed by atoms with Gasteiger partial charge in [-0.15, -0.1) is 0 Å². The van der Waals surface area contributed by atoms with Gasteiger partial charge in [0.25, 0.3) is 0 Å². The molecule has 3 aromatic heterocycles. The molecule has 6 aromatic rings. The lowest BCUT2D eigenvalue weighted by Crippen LogP contribution is -2.15. The second-order valence-corrected chi connectivity index (χ2v) is 7.98. The predicted molar refractivity (Wildman–Crippen MR) is 125 cm³/mol. The van der Waals surface area contributed by atoms with Gasteiger partial charge in [0.2, 0.25) is 0 Å². The Bertz CT molecular complexity index is 1780. The van der Waals surface area contributed by atoms with E-state index in [0.717, 1.165) is 34.2 Å². The number of fused-ring (bicyclic) bond motifs is 4. The van der Waals surface area contributed by atoms with Gasteiger partial charge >= 0.3 is 11.9 Å². The summed E-state index contributed by atoms with van der Waals surface area (Å²) < 4.78 is 41.2. The molecular formula is C26H15F3N4O. The van der Waals surface area contributed by atoms with Crippen molar-refractivity contribution in [2.24, 2.45) is 0 Å².